The summed E-state index contributed by atoms with van der Waals surface area (Å²) in [7, 11) is -2.66. The summed E-state index contributed by atoms with van der Waals surface area (Å²) >= 11 is 0. The molecule has 2 aromatic carbocycles. The van der Waals surface area contributed by atoms with E-state index in [1.54, 1.807) is 37.9 Å². The summed E-state index contributed by atoms with van der Waals surface area (Å²) in [5.41, 5.74) is 3.53. The van der Waals surface area contributed by atoms with E-state index < -0.39 is 28.1 Å². The molecule has 0 saturated heterocycles. The molecule has 14 heteroatoms. The van der Waals surface area contributed by atoms with Crippen LogP contribution in [0.1, 0.15) is 68.3 Å². The fourth-order valence-electron chi connectivity index (χ4n) is 5.69. The first kappa shape index (κ1) is 36.2. The van der Waals surface area contributed by atoms with Crippen molar-refractivity contribution in [2.45, 2.75) is 78.5 Å². The van der Waals surface area contributed by atoms with Crippen LogP contribution < -0.4 is 14.4 Å². The lowest BCUT2D eigenvalue weighted by Crippen LogP contribution is -2.45. The zero-order chi connectivity index (χ0) is 36.4. The number of nitrogens with zero attached hydrogens (tertiary/aromatic N) is 6. The highest BCUT2D eigenvalue weighted by atomic mass is 32.2. The number of benzene rings is 2. The Morgan fingerprint density at radius 3 is 2.36 bits per heavy atom. The Morgan fingerprint density at radius 1 is 1.06 bits per heavy atom. The summed E-state index contributed by atoms with van der Waals surface area (Å²) in [6, 6.07) is 12.8. The predicted octanol–water partition coefficient (Wildman–Crippen LogP) is 6.17. The van der Waals surface area contributed by atoms with Gasteiger partial charge in [-0.1, -0.05) is 45.0 Å². The zero-order valence-electron chi connectivity index (χ0n) is 29.6. The molecule has 4 bridgehead atoms. The first-order valence-electron chi connectivity index (χ1n) is 16.3. The molecular formula is C36H43N7O6S. The molecular weight excluding hydrogens is 659 g/mol. The number of ether oxygens (including phenoxy) is 2. The number of hydrogen-bond donors (Lipinski definition) is 1. The summed E-state index contributed by atoms with van der Waals surface area (Å²) in [6.07, 6.45) is 2.64. The smallest absolute Gasteiger partial charge is 0.414 e. The second kappa shape index (κ2) is 14.4. The van der Waals surface area contributed by atoms with Gasteiger partial charge in [0.15, 0.2) is 0 Å². The number of carbonyl (C=O) groups excluding carboxylic acids is 2. The third kappa shape index (κ3) is 8.54. The summed E-state index contributed by atoms with van der Waals surface area (Å²) in [4.78, 5) is 47.6. The van der Waals surface area contributed by atoms with Crippen molar-refractivity contribution in [3.8, 4) is 17.1 Å². The number of amides is 2. The molecule has 0 radical (unpaired) electrons. The van der Waals surface area contributed by atoms with Gasteiger partial charge in [-0.3, -0.25) is 9.69 Å². The highest BCUT2D eigenvalue weighted by Gasteiger charge is 2.32. The average molecular weight is 702 g/mol. The second-order valence-electron chi connectivity index (χ2n) is 13.8. The minimum Gasteiger partial charge on any atom is -0.475 e. The van der Waals surface area contributed by atoms with Gasteiger partial charge >= 0.3 is 6.09 Å². The lowest BCUT2D eigenvalue weighted by molar-refractivity contribution is 0.0505. The lowest BCUT2D eigenvalue weighted by Gasteiger charge is -2.35. The van der Waals surface area contributed by atoms with Crippen LogP contribution in [0.25, 0.3) is 11.3 Å². The number of carbonyl (C=O) groups is 2. The van der Waals surface area contributed by atoms with Crippen LogP contribution in [-0.2, 0) is 21.3 Å². The standard InChI is InChI=1S/C36H43N7O6S/c1-22(2)49-35(45)42(8)27-18-37-30(38-19-27)20-43-26(17-36(5,6)7)21-48-31-16-29(32-23(3)11-9-12-24(32)4)39-34(40-31)41-50(46,47)28-14-10-13-25(15-28)33(43)44/h9-16,18-19,22,26H,17,20-21H2,1-8H3,(H,39,40,41)/t26-/m1/s1. The van der Waals surface area contributed by atoms with E-state index in [1.807, 2.05) is 32.0 Å². The largest absolute Gasteiger partial charge is 0.475 e. The molecule has 2 amide bonds. The van der Waals surface area contributed by atoms with Crippen molar-refractivity contribution in [2.24, 2.45) is 5.41 Å². The van der Waals surface area contributed by atoms with E-state index in [-0.39, 0.29) is 47.0 Å². The maximum Gasteiger partial charge on any atom is 0.414 e. The molecule has 1 atom stereocenters. The first-order chi connectivity index (χ1) is 23.5. The van der Waals surface area contributed by atoms with Crippen molar-refractivity contribution in [3.05, 3.63) is 83.4 Å². The van der Waals surface area contributed by atoms with E-state index in [9.17, 15) is 18.0 Å². The van der Waals surface area contributed by atoms with Gasteiger partial charge in [0.1, 0.15) is 12.4 Å². The van der Waals surface area contributed by atoms with E-state index >= 15 is 0 Å². The number of fused-ring (bicyclic) bond motifs is 4. The van der Waals surface area contributed by atoms with E-state index in [0.29, 0.717) is 23.6 Å². The molecule has 0 fully saturated rings. The van der Waals surface area contributed by atoms with Gasteiger partial charge in [-0.25, -0.2) is 32.9 Å². The minimum absolute atomic E-state index is 0.0265. The average Bonchev–Trinajstić information content (AvgIpc) is 3.04. The number of rotatable bonds is 6. The van der Waals surface area contributed by atoms with Crippen molar-refractivity contribution in [2.75, 3.05) is 23.3 Å². The monoisotopic (exact) mass is 701 g/mol. The first-order valence-corrected chi connectivity index (χ1v) is 17.8. The van der Waals surface area contributed by atoms with Gasteiger partial charge in [0, 0.05) is 24.2 Å². The Morgan fingerprint density at radius 2 is 1.72 bits per heavy atom. The van der Waals surface area contributed by atoms with Gasteiger partial charge in [0.2, 0.25) is 11.8 Å². The molecule has 5 rings (SSSR count). The van der Waals surface area contributed by atoms with Crippen LogP contribution >= 0.6 is 0 Å². The molecule has 1 N–H and O–H groups in total. The maximum absolute atomic E-state index is 14.4. The van der Waals surface area contributed by atoms with Crippen LogP contribution in [0.2, 0.25) is 0 Å². The van der Waals surface area contributed by atoms with Gasteiger partial charge in [-0.2, -0.15) is 4.98 Å². The molecule has 264 valence electrons. The molecule has 0 spiro atoms. The van der Waals surface area contributed by atoms with Crippen LogP contribution in [0.3, 0.4) is 0 Å². The van der Waals surface area contributed by atoms with E-state index in [0.717, 1.165) is 16.7 Å². The van der Waals surface area contributed by atoms with Gasteiger partial charge in [-0.15, -0.1) is 0 Å². The van der Waals surface area contributed by atoms with E-state index in [4.69, 9.17) is 9.47 Å². The SMILES string of the molecule is Cc1cccc(C)c1-c1cc2nc(n1)NS(=O)(=O)c1cccc(c1)C(=O)N(Cc1ncc(N(C)C(=O)OC(C)C)cn1)[C@H](CC(C)(C)C)CO2. The van der Waals surface area contributed by atoms with Crippen molar-refractivity contribution in [1.82, 2.24) is 24.8 Å². The third-order valence-electron chi connectivity index (χ3n) is 8.03. The highest BCUT2D eigenvalue weighted by Crippen LogP contribution is 2.31. The molecule has 1 aliphatic rings. The lowest BCUT2D eigenvalue weighted by atomic mass is 9.87. The Bertz CT molecular complexity index is 1970. The number of anilines is 2. The number of aromatic nitrogens is 4. The summed E-state index contributed by atoms with van der Waals surface area (Å²) in [5, 5.41) is 0. The quantitative estimate of drug-likeness (QED) is 0.247. The number of hydrogen-bond acceptors (Lipinski definition) is 10. The van der Waals surface area contributed by atoms with Crippen molar-refractivity contribution in [1.29, 1.82) is 0 Å². The second-order valence-corrected chi connectivity index (χ2v) is 15.5. The number of sulfonamides is 1. The highest BCUT2D eigenvalue weighted by molar-refractivity contribution is 7.92. The van der Waals surface area contributed by atoms with Gasteiger partial charge < -0.3 is 14.4 Å². The predicted molar refractivity (Wildman–Crippen MR) is 189 cm³/mol. The molecule has 0 unspecified atom stereocenters. The molecule has 1 aliphatic heterocycles. The van der Waals surface area contributed by atoms with E-state index in [2.05, 4.69) is 45.4 Å². The van der Waals surface area contributed by atoms with Gasteiger partial charge in [0.25, 0.3) is 15.9 Å². The van der Waals surface area contributed by atoms with Gasteiger partial charge in [0.05, 0.1) is 47.4 Å². The fourth-order valence-corrected chi connectivity index (χ4v) is 6.68. The summed E-state index contributed by atoms with van der Waals surface area (Å²) in [6.45, 7) is 13.6. The normalized spacial score (nSPS) is 16.0. The van der Waals surface area contributed by atoms with Crippen LogP contribution in [-0.4, -0.2) is 71.1 Å². The fraction of sp³-hybridized carbons (Fsp3) is 0.389. The van der Waals surface area contributed by atoms with E-state index in [1.165, 1.54) is 35.5 Å². The molecule has 4 aromatic rings. The minimum atomic E-state index is -4.22. The summed E-state index contributed by atoms with van der Waals surface area (Å²) in [5.74, 6) is -0.137. The number of nitrogens with one attached hydrogen (secondary N) is 1. The molecule has 0 aliphatic carbocycles. The molecule has 2 aromatic heterocycles. The Balaban J connectivity index is 1.59. The van der Waals surface area contributed by atoms with Crippen LogP contribution in [0.5, 0.6) is 5.88 Å². The summed E-state index contributed by atoms with van der Waals surface area (Å²) < 4.78 is 41.4. The van der Waals surface area contributed by atoms with Crippen molar-refractivity contribution >= 4 is 33.7 Å². The van der Waals surface area contributed by atoms with Crippen LogP contribution in [0, 0.1) is 19.3 Å². The van der Waals surface area contributed by atoms with Crippen LogP contribution in [0.15, 0.2) is 65.8 Å². The zero-order valence-corrected chi connectivity index (χ0v) is 30.4. The third-order valence-corrected chi connectivity index (χ3v) is 9.36. The topological polar surface area (TPSA) is 157 Å². The Labute approximate surface area is 293 Å². The Kier molecular flexibility index (Phi) is 10.4. The molecule has 13 nitrogen and oxygen atoms in total. The van der Waals surface area contributed by atoms with Crippen LogP contribution in [0.4, 0.5) is 16.4 Å². The maximum atomic E-state index is 14.4. The van der Waals surface area contributed by atoms with Crippen molar-refractivity contribution in [3.63, 3.8) is 0 Å². The van der Waals surface area contributed by atoms with Gasteiger partial charge in [-0.05, 0) is 68.9 Å². The Hall–Kier alpha value is -5.11. The molecule has 0 saturated carbocycles. The number of aryl methyl sites for hydroxylation is 2. The molecule has 3 heterocycles. The molecule has 50 heavy (non-hydrogen) atoms. The van der Waals surface area contributed by atoms with Crippen molar-refractivity contribution < 1.29 is 27.5 Å².